The Morgan fingerprint density at radius 1 is 1.17 bits per heavy atom. The first kappa shape index (κ1) is 11.5. The zero-order chi connectivity index (χ0) is 12.4. The van der Waals surface area contributed by atoms with Crippen molar-refractivity contribution in [3.05, 3.63) is 41.9 Å². The number of aromatic nitrogens is 2. The maximum atomic E-state index is 5.56. The number of imidazole rings is 1. The first-order chi connectivity index (χ1) is 8.86. The summed E-state index contributed by atoms with van der Waals surface area (Å²) in [5.74, 6) is 1.24. The highest BCUT2D eigenvalue weighted by molar-refractivity contribution is 5.59. The predicted octanol–water partition coefficient (Wildman–Crippen LogP) is 2.39. The van der Waals surface area contributed by atoms with Gasteiger partial charge in [-0.2, -0.15) is 0 Å². The summed E-state index contributed by atoms with van der Waals surface area (Å²) in [5.41, 5.74) is 9.17. The second-order valence-electron chi connectivity index (χ2n) is 4.93. The lowest BCUT2D eigenvalue weighted by atomic mass is 10.1. The van der Waals surface area contributed by atoms with Crippen molar-refractivity contribution in [3.8, 4) is 11.3 Å². The summed E-state index contributed by atoms with van der Waals surface area (Å²) < 4.78 is 2.30. The van der Waals surface area contributed by atoms with Crippen LogP contribution in [0.1, 0.15) is 24.2 Å². The molecule has 0 aliphatic carbocycles. The smallest absolute Gasteiger partial charge is 0.109 e. The molecule has 0 bridgehead atoms. The Kier molecular flexibility index (Phi) is 3.15. The molecule has 2 N–H and O–H groups in total. The maximum Gasteiger partial charge on any atom is 0.109 e. The van der Waals surface area contributed by atoms with E-state index in [9.17, 15) is 0 Å². The fourth-order valence-corrected chi connectivity index (χ4v) is 2.56. The van der Waals surface area contributed by atoms with Crippen LogP contribution in [0.25, 0.3) is 11.3 Å². The molecule has 94 valence electrons. The first-order valence-corrected chi connectivity index (χ1v) is 6.72. The van der Waals surface area contributed by atoms with E-state index in [1.165, 1.54) is 29.8 Å². The number of nitrogens with zero attached hydrogens (tertiary/aromatic N) is 2. The van der Waals surface area contributed by atoms with Crippen LogP contribution in [-0.4, -0.2) is 16.1 Å². The second kappa shape index (κ2) is 4.94. The van der Waals surface area contributed by atoms with Crippen molar-refractivity contribution in [3.63, 3.8) is 0 Å². The van der Waals surface area contributed by atoms with Gasteiger partial charge in [0.05, 0.1) is 5.69 Å². The fraction of sp³-hybridized carbons (Fsp3) is 0.400. The molecule has 0 amide bonds. The van der Waals surface area contributed by atoms with E-state index in [4.69, 9.17) is 10.7 Å². The van der Waals surface area contributed by atoms with Crippen LogP contribution in [0.5, 0.6) is 0 Å². The molecule has 1 aromatic heterocycles. The van der Waals surface area contributed by atoms with Crippen LogP contribution in [-0.2, 0) is 19.4 Å². The summed E-state index contributed by atoms with van der Waals surface area (Å²) in [4.78, 5) is 4.73. The minimum Gasteiger partial charge on any atom is -0.334 e. The SMILES string of the molecule is NCCc1ccc(-c2cn3c(n2)CCCC3)cc1. The van der Waals surface area contributed by atoms with Crippen molar-refractivity contribution in [2.24, 2.45) is 5.73 Å². The minimum absolute atomic E-state index is 0.706. The summed E-state index contributed by atoms with van der Waals surface area (Å²) in [6, 6.07) is 8.61. The van der Waals surface area contributed by atoms with Gasteiger partial charge >= 0.3 is 0 Å². The van der Waals surface area contributed by atoms with Crippen LogP contribution in [0.3, 0.4) is 0 Å². The van der Waals surface area contributed by atoms with Gasteiger partial charge in [-0.1, -0.05) is 24.3 Å². The zero-order valence-electron chi connectivity index (χ0n) is 10.6. The third-order valence-electron chi connectivity index (χ3n) is 3.59. The van der Waals surface area contributed by atoms with Gasteiger partial charge in [0.1, 0.15) is 5.82 Å². The number of aryl methyl sites for hydroxylation is 2. The standard InChI is InChI=1S/C15H19N3/c16-9-8-12-4-6-13(7-5-12)14-11-18-10-2-1-3-15(18)17-14/h4-7,11H,1-3,8-10,16H2. The normalized spacial score (nSPS) is 14.5. The fourth-order valence-electron chi connectivity index (χ4n) is 2.56. The van der Waals surface area contributed by atoms with Gasteiger partial charge in [-0.3, -0.25) is 0 Å². The third kappa shape index (κ3) is 2.18. The Morgan fingerprint density at radius 2 is 2.00 bits per heavy atom. The highest BCUT2D eigenvalue weighted by Gasteiger charge is 2.12. The molecule has 3 nitrogen and oxygen atoms in total. The van der Waals surface area contributed by atoms with Gasteiger partial charge in [0.2, 0.25) is 0 Å². The van der Waals surface area contributed by atoms with E-state index in [-0.39, 0.29) is 0 Å². The van der Waals surface area contributed by atoms with Crippen molar-refractivity contribution in [2.45, 2.75) is 32.2 Å². The molecule has 0 atom stereocenters. The zero-order valence-corrected chi connectivity index (χ0v) is 10.6. The summed E-state index contributed by atoms with van der Waals surface area (Å²) >= 11 is 0. The quantitative estimate of drug-likeness (QED) is 0.896. The van der Waals surface area contributed by atoms with Gasteiger partial charge in [0.25, 0.3) is 0 Å². The highest BCUT2D eigenvalue weighted by atomic mass is 15.1. The molecule has 1 aliphatic heterocycles. The van der Waals surface area contributed by atoms with Gasteiger partial charge in [-0.05, 0) is 31.4 Å². The van der Waals surface area contributed by atoms with Gasteiger partial charge in [0, 0.05) is 24.7 Å². The average molecular weight is 241 g/mol. The van der Waals surface area contributed by atoms with Crippen LogP contribution in [0.4, 0.5) is 0 Å². The molecule has 1 aromatic carbocycles. The molecule has 0 fully saturated rings. The Bertz CT molecular complexity index is 502. The number of benzene rings is 1. The molecular weight excluding hydrogens is 222 g/mol. The number of nitrogens with two attached hydrogens (primary N) is 1. The monoisotopic (exact) mass is 241 g/mol. The van der Waals surface area contributed by atoms with E-state index < -0.39 is 0 Å². The lowest BCUT2D eigenvalue weighted by Gasteiger charge is -2.11. The molecule has 0 saturated carbocycles. The van der Waals surface area contributed by atoms with Crippen LogP contribution in [0.2, 0.25) is 0 Å². The second-order valence-corrected chi connectivity index (χ2v) is 4.93. The van der Waals surface area contributed by atoms with Gasteiger partial charge in [-0.25, -0.2) is 4.98 Å². The molecule has 18 heavy (non-hydrogen) atoms. The van der Waals surface area contributed by atoms with E-state index in [1.54, 1.807) is 0 Å². The lowest BCUT2D eigenvalue weighted by Crippen LogP contribution is -2.08. The predicted molar refractivity (Wildman–Crippen MR) is 73.4 cm³/mol. The lowest BCUT2D eigenvalue weighted by molar-refractivity contribution is 0.522. The molecule has 0 radical (unpaired) electrons. The number of fused-ring (bicyclic) bond motifs is 1. The summed E-state index contributed by atoms with van der Waals surface area (Å²) in [6.45, 7) is 1.83. The van der Waals surface area contributed by atoms with E-state index in [2.05, 4.69) is 35.0 Å². The Hall–Kier alpha value is -1.61. The Labute approximate surface area is 108 Å². The van der Waals surface area contributed by atoms with Gasteiger partial charge in [-0.15, -0.1) is 0 Å². The van der Waals surface area contributed by atoms with Crippen molar-refractivity contribution >= 4 is 0 Å². The van der Waals surface area contributed by atoms with E-state index in [1.807, 2.05) is 0 Å². The van der Waals surface area contributed by atoms with Crippen molar-refractivity contribution in [1.29, 1.82) is 0 Å². The molecule has 0 spiro atoms. The van der Waals surface area contributed by atoms with Crippen molar-refractivity contribution in [1.82, 2.24) is 9.55 Å². The molecule has 3 heteroatoms. The number of rotatable bonds is 3. The molecule has 1 aliphatic rings. The van der Waals surface area contributed by atoms with E-state index in [0.29, 0.717) is 6.54 Å². The molecular formula is C15H19N3. The summed E-state index contributed by atoms with van der Waals surface area (Å²) in [5, 5.41) is 0. The first-order valence-electron chi connectivity index (χ1n) is 6.72. The number of hydrogen-bond donors (Lipinski definition) is 1. The Morgan fingerprint density at radius 3 is 2.72 bits per heavy atom. The third-order valence-corrected chi connectivity index (χ3v) is 3.59. The van der Waals surface area contributed by atoms with Crippen LogP contribution in [0, 0.1) is 0 Å². The summed E-state index contributed by atoms with van der Waals surface area (Å²) in [7, 11) is 0. The highest BCUT2D eigenvalue weighted by Crippen LogP contribution is 2.22. The molecule has 3 rings (SSSR count). The van der Waals surface area contributed by atoms with Crippen LogP contribution < -0.4 is 5.73 Å². The largest absolute Gasteiger partial charge is 0.334 e. The topological polar surface area (TPSA) is 43.8 Å². The molecule has 0 unspecified atom stereocenters. The van der Waals surface area contributed by atoms with Crippen molar-refractivity contribution in [2.75, 3.05) is 6.54 Å². The van der Waals surface area contributed by atoms with Gasteiger partial charge < -0.3 is 10.3 Å². The van der Waals surface area contributed by atoms with Crippen molar-refractivity contribution < 1.29 is 0 Å². The van der Waals surface area contributed by atoms with Crippen LogP contribution >= 0.6 is 0 Å². The molecule has 2 heterocycles. The minimum atomic E-state index is 0.706. The number of hydrogen-bond acceptors (Lipinski definition) is 2. The van der Waals surface area contributed by atoms with Crippen LogP contribution in [0.15, 0.2) is 30.5 Å². The van der Waals surface area contributed by atoms with E-state index in [0.717, 1.165) is 25.1 Å². The average Bonchev–Trinajstić information content (AvgIpc) is 2.84. The molecule has 0 saturated heterocycles. The van der Waals surface area contributed by atoms with Gasteiger partial charge in [0.15, 0.2) is 0 Å². The summed E-state index contributed by atoms with van der Waals surface area (Å²) in [6.07, 6.45) is 6.79. The van der Waals surface area contributed by atoms with E-state index >= 15 is 0 Å². The maximum absolute atomic E-state index is 5.56. The molecule has 2 aromatic rings. The Balaban J connectivity index is 1.87.